The minimum atomic E-state index is -0.550. The van der Waals surface area contributed by atoms with Gasteiger partial charge in [0, 0.05) is 0 Å². The van der Waals surface area contributed by atoms with Crippen LogP contribution in [0.4, 0.5) is 0 Å². The fourth-order valence-electron chi connectivity index (χ4n) is 3.66. The fraction of sp³-hybridized carbons (Fsp3) is 0.593. The zero-order chi connectivity index (χ0) is 23.1. The second-order valence-corrected chi connectivity index (χ2v) is 10.4. The standard InChI is InChI=1S/C27H40O4/c1-8-26(5,6)20-27(7,25(2,3)4)24(28)31-18-16-29-15-17-30-23-14-13-21-11-9-10-12-22(21)19-23/h9-14,19H,8,15-18,20H2,1-7H3. The minimum Gasteiger partial charge on any atom is -0.491 e. The molecule has 0 aliphatic heterocycles. The number of carbonyl (C=O) groups is 1. The lowest BCUT2D eigenvalue weighted by molar-refractivity contribution is -0.166. The molecule has 4 heteroatoms. The normalized spacial score (nSPS) is 14.3. The summed E-state index contributed by atoms with van der Waals surface area (Å²) in [7, 11) is 0. The molecular weight excluding hydrogens is 388 g/mol. The topological polar surface area (TPSA) is 44.8 Å². The van der Waals surface area contributed by atoms with Crippen molar-refractivity contribution in [1.29, 1.82) is 0 Å². The Kier molecular flexibility index (Phi) is 8.53. The van der Waals surface area contributed by atoms with Gasteiger partial charge in [-0.3, -0.25) is 4.79 Å². The van der Waals surface area contributed by atoms with Crippen molar-refractivity contribution in [2.45, 2.75) is 61.3 Å². The quantitative estimate of drug-likeness (QED) is 0.297. The van der Waals surface area contributed by atoms with Gasteiger partial charge in [-0.15, -0.1) is 0 Å². The Bertz CT molecular complexity index is 850. The molecule has 2 rings (SSSR count). The van der Waals surface area contributed by atoms with Gasteiger partial charge in [0.2, 0.25) is 0 Å². The molecule has 31 heavy (non-hydrogen) atoms. The maximum absolute atomic E-state index is 13.0. The van der Waals surface area contributed by atoms with Crippen molar-refractivity contribution < 1.29 is 19.0 Å². The average molecular weight is 429 g/mol. The number of ether oxygens (including phenoxy) is 3. The molecule has 1 unspecified atom stereocenters. The molecule has 0 bridgehead atoms. The Labute approximate surface area is 188 Å². The minimum absolute atomic E-state index is 0.0810. The van der Waals surface area contributed by atoms with E-state index in [9.17, 15) is 4.79 Å². The molecule has 0 aliphatic carbocycles. The average Bonchev–Trinajstić information content (AvgIpc) is 2.71. The maximum atomic E-state index is 13.0. The molecule has 1 atom stereocenters. The van der Waals surface area contributed by atoms with Gasteiger partial charge >= 0.3 is 5.97 Å². The summed E-state index contributed by atoms with van der Waals surface area (Å²) in [5.41, 5.74) is -0.658. The molecule has 0 saturated carbocycles. The third-order valence-corrected chi connectivity index (χ3v) is 6.57. The predicted octanol–water partition coefficient (Wildman–Crippen LogP) is 6.66. The van der Waals surface area contributed by atoms with Crippen molar-refractivity contribution in [1.82, 2.24) is 0 Å². The van der Waals surface area contributed by atoms with E-state index in [4.69, 9.17) is 14.2 Å². The van der Waals surface area contributed by atoms with E-state index in [1.807, 2.05) is 31.2 Å². The van der Waals surface area contributed by atoms with E-state index in [0.717, 1.165) is 24.0 Å². The van der Waals surface area contributed by atoms with E-state index in [1.165, 1.54) is 5.39 Å². The van der Waals surface area contributed by atoms with Crippen LogP contribution in [0.3, 0.4) is 0 Å². The van der Waals surface area contributed by atoms with Crippen LogP contribution in [0.2, 0.25) is 0 Å². The van der Waals surface area contributed by atoms with Gasteiger partial charge in [-0.1, -0.05) is 78.3 Å². The van der Waals surface area contributed by atoms with Gasteiger partial charge in [0.15, 0.2) is 0 Å². The first-order chi connectivity index (χ1) is 14.5. The molecule has 0 fully saturated rings. The van der Waals surface area contributed by atoms with Crippen LogP contribution in [0.5, 0.6) is 5.75 Å². The molecule has 0 heterocycles. The molecule has 0 aliphatic rings. The second kappa shape index (κ2) is 10.5. The highest BCUT2D eigenvalue weighted by Crippen LogP contribution is 2.48. The third kappa shape index (κ3) is 6.96. The number of rotatable bonds is 11. The summed E-state index contributed by atoms with van der Waals surface area (Å²) in [5, 5.41) is 2.35. The Balaban J connectivity index is 1.74. The number of hydrogen-bond acceptors (Lipinski definition) is 4. The summed E-state index contributed by atoms with van der Waals surface area (Å²) in [6, 6.07) is 14.2. The molecule has 0 amide bonds. The highest BCUT2D eigenvalue weighted by molar-refractivity contribution is 5.83. The Hall–Kier alpha value is -2.07. The first-order valence-electron chi connectivity index (χ1n) is 11.4. The molecule has 0 spiro atoms. The van der Waals surface area contributed by atoms with E-state index in [0.29, 0.717) is 19.8 Å². The molecule has 0 N–H and O–H groups in total. The zero-order valence-electron chi connectivity index (χ0n) is 20.4. The highest BCUT2D eigenvalue weighted by Gasteiger charge is 2.48. The predicted molar refractivity (Wildman–Crippen MR) is 127 cm³/mol. The molecule has 2 aromatic rings. The SMILES string of the molecule is CCC(C)(C)CC(C)(C(=O)OCCOCCOc1ccc2ccccc2c1)C(C)(C)C. The summed E-state index contributed by atoms with van der Waals surface area (Å²) >= 11 is 0. The van der Waals surface area contributed by atoms with Gasteiger partial charge in [0.25, 0.3) is 0 Å². The fourth-order valence-corrected chi connectivity index (χ4v) is 3.66. The Morgan fingerprint density at radius 1 is 0.839 bits per heavy atom. The first-order valence-corrected chi connectivity index (χ1v) is 11.4. The summed E-state index contributed by atoms with van der Waals surface area (Å²) < 4.78 is 17.0. The van der Waals surface area contributed by atoms with Crippen LogP contribution in [0.15, 0.2) is 42.5 Å². The third-order valence-electron chi connectivity index (χ3n) is 6.57. The van der Waals surface area contributed by atoms with E-state index < -0.39 is 5.41 Å². The number of benzene rings is 2. The molecule has 4 nitrogen and oxygen atoms in total. The van der Waals surface area contributed by atoms with Crippen molar-refractivity contribution in [2.75, 3.05) is 26.4 Å². The van der Waals surface area contributed by atoms with Crippen LogP contribution >= 0.6 is 0 Å². The largest absolute Gasteiger partial charge is 0.491 e. The number of esters is 1. The van der Waals surface area contributed by atoms with E-state index >= 15 is 0 Å². The molecule has 2 aromatic carbocycles. The van der Waals surface area contributed by atoms with Crippen LogP contribution < -0.4 is 4.74 Å². The van der Waals surface area contributed by atoms with E-state index in [-0.39, 0.29) is 23.4 Å². The van der Waals surface area contributed by atoms with Crippen molar-refractivity contribution in [3.8, 4) is 5.75 Å². The number of carbonyl (C=O) groups excluding carboxylic acids is 1. The van der Waals surface area contributed by atoms with Crippen LogP contribution in [0.1, 0.15) is 61.3 Å². The van der Waals surface area contributed by atoms with Crippen LogP contribution in [0, 0.1) is 16.2 Å². The summed E-state index contributed by atoms with van der Waals surface area (Å²) in [6.45, 7) is 16.5. The van der Waals surface area contributed by atoms with E-state index in [1.54, 1.807) is 0 Å². The lowest BCUT2D eigenvalue weighted by Crippen LogP contribution is -2.45. The monoisotopic (exact) mass is 428 g/mol. The lowest BCUT2D eigenvalue weighted by Gasteiger charge is -2.44. The van der Waals surface area contributed by atoms with Gasteiger partial charge in [-0.25, -0.2) is 0 Å². The van der Waals surface area contributed by atoms with Gasteiger partial charge < -0.3 is 14.2 Å². The molecule has 0 aromatic heterocycles. The molecule has 172 valence electrons. The van der Waals surface area contributed by atoms with Crippen LogP contribution in [-0.2, 0) is 14.3 Å². The summed E-state index contributed by atoms with van der Waals surface area (Å²) in [5.74, 6) is 0.686. The zero-order valence-corrected chi connectivity index (χ0v) is 20.4. The second-order valence-electron chi connectivity index (χ2n) is 10.4. The Morgan fingerprint density at radius 3 is 2.13 bits per heavy atom. The smallest absolute Gasteiger partial charge is 0.312 e. The van der Waals surface area contributed by atoms with Crippen molar-refractivity contribution in [3.05, 3.63) is 42.5 Å². The molecular formula is C27H40O4. The number of fused-ring (bicyclic) bond motifs is 1. The summed E-state index contributed by atoms with van der Waals surface area (Å²) in [4.78, 5) is 13.0. The van der Waals surface area contributed by atoms with Crippen molar-refractivity contribution >= 4 is 16.7 Å². The van der Waals surface area contributed by atoms with Crippen molar-refractivity contribution in [3.63, 3.8) is 0 Å². The van der Waals surface area contributed by atoms with Crippen molar-refractivity contribution in [2.24, 2.45) is 16.2 Å². The molecule has 0 saturated heterocycles. The van der Waals surface area contributed by atoms with Crippen LogP contribution in [-0.4, -0.2) is 32.4 Å². The summed E-state index contributed by atoms with van der Waals surface area (Å²) in [6.07, 6.45) is 1.81. The Morgan fingerprint density at radius 2 is 1.48 bits per heavy atom. The van der Waals surface area contributed by atoms with Crippen LogP contribution in [0.25, 0.3) is 10.8 Å². The van der Waals surface area contributed by atoms with Gasteiger partial charge in [0.1, 0.15) is 19.0 Å². The molecule has 0 radical (unpaired) electrons. The van der Waals surface area contributed by atoms with E-state index in [2.05, 4.69) is 59.7 Å². The van der Waals surface area contributed by atoms with Gasteiger partial charge in [0.05, 0.1) is 18.6 Å². The maximum Gasteiger partial charge on any atom is 0.312 e. The first kappa shape index (κ1) is 25.2. The highest BCUT2D eigenvalue weighted by atomic mass is 16.6. The van der Waals surface area contributed by atoms with Gasteiger partial charge in [-0.05, 0) is 47.1 Å². The lowest BCUT2D eigenvalue weighted by atomic mass is 9.60. The number of hydrogen-bond donors (Lipinski definition) is 0. The van der Waals surface area contributed by atoms with Gasteiger partial charge in [-0.2, -0.15) is 0 Å².